The van der Waals surface area contributed by atoms with E-state index in [1.54, 1.807) is 28.6 Å². The molecular formula is C14H22N2O2S. The Balaban J connectivity index is 2.28. The SMILES string of the molecule is CC(C)C1CN(S(=O)(=O)c2ccccc2)C(C)CN1. The Labute approximate surface area is 115 Å². The first-order valence-corrected chi connectivity index (χ1v) is 8.17. The maximum atomic E-state index is 12.7. The predicted molar refractivity (Wildman–Crippen MR) is 76.4 cm³/mol. The van der Waals surface area contributed by atoms with Crippen LogP contribution in [0.25, 0.3) is 0 Å². The van der Waals surface area contributed by atoms with E-state index in [9.17, 15) is 8.42 Å². The van der Waals surface area contributed by atoms with Gasteiger partial charge in [0.05, 0.1) is 4.90 Å². The first-order valence-electron chi connectivity index (χ1n) is 6.73. The van der Waals surface area contributed by atoms with E-state index in [1.165, 1.54) is 0 Å². The molecule has 5 heteroatoms. The molecule has 1 N–H and O–H groups in total. The Morgan fingerprint density at radius 2 is 1.89 bits per heavy atom. The third-order valence-electron chi connectivity index (χ3n) is 3.70. The fraction of sp³-hybridized carbons (Fsp3) is 0.571. The molecule has 0 aromatic heterocycles. The normalized spacial score (nSPS) is 25.7. The highest BCUT2D eigenvalue weighted by molar-refractivity contribution is 7.89. The van der Waals surface area contributed by atoms with Crippen LogP contribution in [0.1, 0.15) is 20.8 Å². The van der Waals surface area contributed by atoms with Gasteiger partial charge in [-0.2, -0.15) is 4.31 Å². The van der Waals surface area contributed by atoms with E-state index in [4.69, 9.17) is 0 Å². The molecule has 0 amide bonds. The number of rotatable bonds is 3. The van der Waals surface area contributed by atoms with E-state index in [0.29, 0.717) is 23.9 Å². The quantitative estimate of drug-likeness (QED) is 0.918. The lowest BCUT2D eigenvalue weighted by molar-refractivity contribution is 0.206. The van der Waals surface area contributed by atoms with E-state index < -0.39 is 10.0 Å². The molecule has 4 nitrogen and oxygen atoms in total. The van der Waals surface area contributed by atoms with Gasteiger partial charge >= 0.3 is 0 Å². The van der Waals surface area contributed by atoms with Crippen LogP contribution in [0, 0.1) is 5.92 Å². The second kappa shape index (κ2) is 5.61. The summed E-state index contributed by atoms with van der Waals surface area (Å²) in [5, 5.41) is 3.42. The lowest BCUT2D eigenvalue weighted by atomic mass is 10.0. The average Bonchev–Trinajstić information content (AvgIpc) is 2.39. The Morgan fingerprint density at radius 3 is 2.47 bits per heavy atom. The number of nitrogens with one attached hydrogen (secondary N) is 1. The van der Waals surface area contributed by atoms with Crippen molar-refractivity contribution in [1.82, 2.24) is 9.62 Å². The highest BCUT2D eigenvalue weighted by Gasteiger charge is 2.35. The van der Waals surface area contributed by atoms with Crippen molar-refractivity contribution in [2.45, 2.75) is 37.8 Å². The molecule has 1 saturated heterocycles. The lowest BCUT2D eigenvalue weighted by Crippen LogP contribution is -2.58. The predicted octanol–water partition coefficient (Wildman–Crippen LogP) is 1.69. The minimum absolute atomic E-state index is 0.0137. The van der Waals surface area contributed by atoms with Crippen molar-refractivity contribution >= 4 is 10.0 Å². The molecule has 2 rings (SSSR count). The molecule has 106 valence electrons. The minimum Gasteiger partial charge on any atom is -0.311 e. The minimum atomic E-state index is -3.38. The highest BCUT2D eigenvalue weighted by Crippen LogP contribution is 2.22. The summed E-state index contributed by atoms with van der Waals surface area (Å²) in [5.41, 5.74) is 0. The van der Waals surface area contributed by atoms with Crippen molar-refractivity contribution in [1.29, 1.82) is 0 Å². The van der Waals surface area contributed by atoms with Crippen LogP contribution < -0.4 is 5.32 Å². The maximum absolute atomic E-state index is 12.7. The fourth-order valence-electron chi connectivity index (χ4n) is 2.37. The molecule has 1 aromatic carbocycles. The molecule has 0 radical (unpaired) electrons. The molecule has 0 bridgehead atoms. The topological polar surface area (TPSA) is 49.4 Å². The summed E-state index contributed by atoms with van der Waals surface area (Å²) >= 11 is 0. The van der Waals surface area contributed by atoms with Gasteiger partial charge in [-0.3, -0.25) is 0 Å². The van der Waals surface area contributed by atoms with Crippen LogP contribution in [0.4, 0.5) is 0 Å². The standard InChI is InChI=1S/C14H22N2O2S/c1-11(2)14-10-16(12(3)9-15-14)19(17,18)13-7-5-4-6-8-13/h4-8,11-12,14-15H,9-10H2,1-3H3. The summed E-state index contributed by atoms with van der Waals surface area (Å²) < 4.78 is 27.0. The molecule has 1 aromatic rings. The smallest absolute Gasteiger partial charge is 0.243 e. The summed E-state index contributed by atoms with van der Waals surface area (Å²) in [5.74, 6) is 0.418. The molecule has 19 heavy (non-hydrogen) atoms. The fourth-order valence-corrected chi connectivity index (χ4v) is 4.05. The highest BCUT2D eigenvalue weighted by atomic mass is 32.2. The van der Waals surface area contributed by atoms with Gasteiger partial charge in [-0.1, -0.05) is 32.0 Å². The van der Waals surface area contributed by atoms with Crippen molar-refractivity contribution in [3.63, 3.8) is 0 Å². The van der Waals surface area contributed by atoms with Crippen LogP contribution in [0.5, 0.6) is 0 Å². The van der Waals surface area contributed by atoms with E-state index in [1.807, 2.05) is 13.0 Å². The van der Waals surface area contributed by atoms with Gasteiger partial charge in [0.15, 0.2) is 0 Å². The summed E-state index contributed by atoms with van der Waals surface area (Å²) in [7, 11) is -3.38. The van der Waals surface area contributed by atoms with Crippen LogP contribution in [-0.4, -0.2) is 37.9 Å². The average molecular weight is 282 g/mol. The van der Waals surface area contributed by atoms with Gasteiger partial charge in [0.1, 0.15) is 0 Å². The Kier molecular flexibility index (Phi) is 4.28. The van der Waals surface area contributed by atoms with Crippen molar-refractivity contribution in [2.24, 2.45) is 5.92 Å². The molecule has 1 heterocycles. The van der Waals surface area contributed by atoms with Crippen molar-refractivity contribution in [2.75, 3.05) is 13.1 Å². The number of hydrogen-bond acceptors (Lipinski definition) is 3. The van der Waals surface area contributed by atoms with Gasteiger partial charge in [0.25, 0.3) is 0 Å². The van der Waals surface area contributed by atoms with E-state index in [2.05, 4.69) is 19.2 Å². The van der Waals surface area contributed by atoms with Gasteiger partial charge in [-0.25, -0.2) is 8.42 Å². The summed E-state index contributed by atoms with van der Waals surface area (Å²) in [4.78, 5) is 0.381. The maximum Gasteiger partial charge on any atom is 0.243 e. The van der Waals surface area contributed by atoms with Crippen LogP contribution in [0.3, 0.4) is 0 Å². The van der Waals surface area contributed by atoms with Crippen LogP contribution in [-0.2, 0) is 10.0 Å². The number of nitrogens with zero attached hydrogens (tertiary/aromatic N) is 1. The van der Waals surface area contributed by atoms with E-state index in [0.717, 1.165) is 0 Å². The number of benzene rings is 1. The second-order valence-corrected chi connectivity index (χ2v) is 7.39. The first kappa shape index (κ1) is 14.5. The Morgan fingerprint density at radius 1 is 1.26 bits per heavy atom. The lowest BCUT2D eigenvalue weighted by Gasteiger charge is -2.39. The molecule has 0 saturated carbocycles. The Bertz CT molecular complexity index is 514. The monoisotopic (exact) mass is 282 g/mol. The molecule has 2 unspecified atom stereocenters. The van der Waals surface area contributed by atoms with Gasteiger partial charge in [0, 0.05) is 25.2 Å². The number of sulfonamides is 1. The molecular weight excluding hydrogens is 260 g/mol. The van der Waals surface area contributed by atoms with Gasteiger partial charge in [0.2, 0.25) is 10.0 Å². The van der Waals surface area contributed by atoms with E-state index >= 15 is 0 Å². The summed E-state index contributed by atoms with van der Waals surface area (Å²) in [6.07, 6.45) is 0. The zero-order valence-corrected chi connectivity index (χ0v) is 12.5. The number of piperazine rings is 1. The van der Waals surface area contributed by atoms with Crippen LogP contribution in [0.2, 0.25) is 0 Å². The first-order chi connectivity index (χ1) is 8.93. The third kappa shape index (κ3) is 2.99. The van der Waals surface area contributed by atoms with E-state index in [-0.39, 0.29) is 12.1 Å². The third-order valence-corrected chi connectivity index (χ3v) is 5.69. The van der Waals surface area contributed by atoms with Gasteiger partial charge in [-0.15, -0.1) is 0 Å². The number of hydrogen-bond donors (Lipinski definition) is 1. The van der Waals surface area contributed by atoms with Crippen LogP contribution in [0.15, 0.2) is 35.2 Å². The van der Waals surface area contributed by atoms with Gasteiger partial charge in [-0.05, 0) is 25.0 Å². The van der Waals surface area contributed by atoms with Crippen molar-refractivity contribution in [3.8, 4) is 0 Å². The zero-order valence-electron chi connectivity index (χ0n) is 11.7. The molecule has 1 fully saturated rings. The summed E-state index contributed by atoms with van der Waals surface area (Å²) in [6, 6.07) is 8.88. The molecule has 1 aliphatic heterocycles. The van der Waals surface area contributed by atoms with Gasteiger partial charge < -0.3 is 5.32 Å². The molecule has 2 atom stereocenters. The Hall–Kier alpha value is -0.910. The zero-order chi connectivity index (χ0) is 14.0. The largest absolute Gasteiger partial charge is 0.311 e. The van der Waals surface area contributed by atoms with Crippen LogP contribution >= 0.6 is 0 Å². The van der Waals surface area contributed by atoms with Crippen molar-refractivity contribution in [3.05, 3.63) is 30.3 Å². The van der Waals surface area contributed by atoms with Crippen molar-refractivity contribution < 1.29 is 8.42 Å². The molecule has 0 spiro atoms. The molecule has 0 aliphatic carbocycles. The molecule has 1 aliphatic rings. The summed E-state index contributed by atoms with van der Waals surface area (Å²) in [6.45, 7) is 7.41. The second-order valence-electron chi connectivity index (χ2n) is 5.50.